The first-order valence-corrected chi connectivity index (χ1v) is 7.51. The fraction of sp³-hybridized carbons (Fsp3) is 0.562. The second-order valence-electron chi connectivity index (χ2n) is 6.14. The molecule has 0 spiro atoms. The van der Waals surface area contributed by atoms with Crippen molar-refractivity contribution in [2.24, 2.45) is 5.92 Å². The van der Waals surface area contributed by atoms with Gasteiger partial charge in [0.2, 0.25) is 12.7 Å². The topological polar surface area (TPSA) is 48.0 Å². The number of hydrogen-bond acceptors (Lipinski definition) is 4. The molecule has 5 nitrogen and oxygen atoms in total. The zero-order valence-electron chi connectivity index (χ0n) is 12.1. The molecule has 1 aromatic rings. The van der Waals surface area contributed by atoms with Gasteiger partial charge in [-0.15, -0.1) is 0 Å². The highest BCUT2D eigenvalue weighted by atomic mass is 16.7. The Morgan fingerprint density at radius 3 is 3.00 bits per heavy atom. The van der Waals surface area contributed by atoms with Gasteiger partial charge in [-0.3, -0.25) is 4.79 Å². The predicted molar refractivity (Wildman–Crippen MR) is 75.3 cm³/mol. The summed E-state index contributed by atoms with van der Waals surface area (Å²) < 4.78 is 16.5. The van der Waals surface area contributed by atoms with Crippen LogP contribution < -0.4 is 9.47 Å². The maximum absolute atomic E-state index is 12.4. The third-order valence-corrected chi connectivity index (χ3v) is 4.57. The number of fused-ring (bicyclic) bond motifs is 2. The minimum Gasteiger partial charge on any atom is -0.454 e. The average molecular weight is 289 g/mol. The number of carbonyl (C=O) groups is 1. The molecule has 3 aliphatic heterocycles. The summed E-state index contributed by atoms with van der Waals surface area (Å²) in [6, 6.07) is 5.70. The van der Waals surface area contributed by atoms with Crippen molar-refractivity contribution in [2.45, 2.75) is 32.0 Å². The van der Waals surface area contributed by atoms with E-state index in [9.17, 15) is 4.79 Å². The summed E-state index contributed by atoms with van der Waals surface area (Å²) in [5, 5.41) is 0. The minimum atomic E-state index is 0.166. The van der Waals surface area contributed by atoms with E-state index in [4.69, 9.17) is 14.2 Å². The second-order valence-corrected chi connectivity index (χ2v) is 6.14. The van der Waals surface area contributed by atoms with Crippen molar-refractivity contribution in [2.75, 3.05) is 19.9 Å². The first-order valence-electron chi connectivity index (χ1n) is 7.51. The summed E-state index contributed by atoms with van der Waals surface area (Å²) >= 11 is 0. The van der Waals surface area contributed by atoms with Gasteiger partial charge in [0.15, 0.2) is 11.5 Å². The van der Waals surface area contributed by atoms with E-state index in [0.29, 0.717) is 18.4 Å². The molecule has 0 saturated carbocycles. The monoisotopic (exact) mass is 289 g/mol. The molecule has 3 aliphatic rings. The van der Waals surface area contributed by atoms with Gasteiger partial charge in [0.1, 0.15) is 0 Å². The maximum atomic E-state index is 12.4. The van der Waals surface area contributed by atoms with Gasteiger partial charge in [-0.2, -0.15) is 0 Å². The van der Waals surface area contributed by atoms with Crippen LogP contribution in [0.2, 0.25) is 0 Å². The van der Waals surface area contributed by atoms with Crippen LogP contribution in [0, 0.1) is 5.92 Å². The van der Waals surface area contributed by atoms with E-state index < -0.39 is 0 Å². The molecular formula is C16H19NO4. The van der Waals surface area contributed by atoms with Gasteiger partial charge in [-0.05, 0) is 31.0 Å². The Morgan fingerprint density at radius 1 is 1.29 bits per heavy atom. The van der Waals surface area contributed by atoms with Gasteiger partial charge in [-0.25, -0.2) is 0 Å². The standard InChI is InChI=1S/C16H19NO4/c1-10-4-12-7-17(8-15(12)21-10)16(18)6-11-2-3-13-14(5-11)20-9-19-13/h2-3,5,10,12,15H,4,6-9H2,1H3/t10-,12+,15-/m1/s1. The van der Waals surface area contributed by atoms with Crippen LogP contribution in [0.1, 0.15) is 18.9 Å². The van der Waals surface area contributed by atoms with Crippen LogP contribution in [0.25, 0.3) is 0 Å². The molecule has 0 aliphatic carbocycles. The van der Waals surface area contributed by atoms with E-state index in [1.807, 2.05) is 23.1 Å². The van der Waals surface area contributed by atoms with E-state index in [-0.39, 0.29) is 18.8 Å². The molecule has 1 amide bonds. The zero-order valence-corrected chi connectivity index (χ0v) is 12.1. The van der Waals surface area contributed by atoms with E-state index in [1.165, 1.54) is 0 Å². The van der Waals surface area contributed by atoms with Crippen LogP contribution in [0.4, 0.5) is 0 Å². The van der Waals surface area contributed by atoms with Crippen molar-refractivity contribution >= 4 is 5.91 Å². The number of likely N-dealkylation sites (tertiary alicyclic amines) is 1. The largest absolute Gasteiger partial charge is 0.454 e. The molecule has 4 rings (SSSR count). The van der Waals surface area contributed by atoms with Crippen LogP contribution in [-0.4, -0.2) is 42.9 Å². The first kappa shape index (κ1) is 13.0. The normalized spacial score (nSPS) is 29.8. The number of ether oxygens (including phenoxy) is 3. The summed E-state index contributed by atoms with van der Waals surface area (Å²) in [7, 11) is 0. The number of hydrogen-bond donors (Lipinski definition) is 0. The molecule has 0 radical (unpaired) electrons. The van der Waals surface area contributed by atoms with Crippen LogP contribution in [0.5, 0.6) is 11.5 Å². The smallest absolute Gasteiger partial charge is 0.231 e. The Balaban J connectivity index is 1.40. The Hall–Kier alpha value is -1.75. The quantitative estimate of drug-likeness (QED) is 0.829. The fourth-order valence-electron chi connectivity index (χ4n) is 3.54. The summed E-state index contributed by atoms with van der Waals surface area (Å²) in [6.45, 7) is 3.94. The van der Waals surface area contributed by atoms with Gasteiger partial charge < -0.3 is 19.1 Å². The van der Waals surface area contributed by atoms with Gasteiger partial charge in [0.05, 0.1) is 18.6 Å². The van der Waals surface area contributed by atoms with Crippen LogP contribution in [0.15, 0.2) is 18.2 Å². The lowest BCUT2D eigenvalue weighted by Crippen LogP contribution is -2.32. The lowest BCUT2D eigenvalue weighted by Gasteiger charge is -2.18. The first-order chi connectivity index (χ1) is 10.2. The third kappa shape index (κ3) is 2.35. The van der Waals surface area contributed by atoms with Crippen molar-refractivity contribution in [1.82, 2.24) is 4.90 Å². The van der Waals surface area contributed by atoms with Crippen LogP contribution >= 0.6 is 0 Å². The number of amides is 1. The summed E-state index contributed by atoms with van der Waals surface area (Å²) in [4.78, 5) is 14.4. The molecule has 21 heavy (non-hydrogen) atoms. The van der Waals surface area contributed by atoms with Crippen molar-refractivity contribution < 1.29 is 19.0 Å². The summed E-state index contributed by atoms with van der Waals surface area (Å²) in [5.41, 5.74) is 0.968. The van der Waals surface area contributed by atoms with E-state index in [0.717, 1.165) is 36.6 Å². The number of carbonyl (C=O) groups excluding carboxylic acids is 1. The van der Waals surface area contributed by atoms with Crippen molar-refractivity contribution in [3.8, 4) is 11.5 Å². The van der Waals surface area contributed by atoms with Crippen LogP contribution in [0.3, 0.4) is 0 Å². The number of rotatable bonds is 2. The maximum Gasteiger partial charge on any atom is 0.231 e. The molecule has 0 aromatic heterocycles. The lowest BCUT2D eigenvalue weighted by atomic mass is 10.0. The molecule has 3 heterocycles. The third-order valence-electron chi connectivity index (χ3n) is 4.57. The number of benzene rings is 1. The molecule has 0 bridgehead atoms. The van der Waals surface area contributed by atoms with Crippen molar-refractivity contribution in [3.05, 3.63) is 23.8 Å². The molecule has 1 aromatic carbocycles. The minimum absolute atomic E-state index is 0.166. The van der Waals surface area contributed by atoms with E-state index in [1.54, 1.807) is 0 Å². The molecular weight excluding hydrogens is 270 g/mol. The lowest BCUT2D eigenvalue weighted by molar-refractivity contribution is -0.130. The Kier molecular flexibility index (Phi) is 3.03. The van der Waals surface area contributed by atoms with Crippen molar-refractivity contribution in [3.63, 3.8) is 0 Å². The van der Waals surface area contributed by atoms with E-state index in [2.05, 4.69) is 6.92 Å². The van der Waals surface area contributed by atoms with Gasteiger partial charge in [0, 0.05) is 19.0 Å². The summed E-state index contributed by atoms with van der Waals surface area (Å²) in [6.07, 6.45) is 2.05. The van der Waals surface area contributed by atoms with E-state index >= 15 is 0 Å². The highest BCUT2D eigenvalue weighted by Crippen LogP contribution is 2.34. The average Bonchev–Trinajstić information content (AvgIpc) is 3.11. The van der Waals surface area contributed by atoms with Gasteiger partial charge >= 0.3 is 0 Å². The Morgan fingerprint density at radius 2 is 2.14 bits per heavy atom. The predicted octanol–water partition coefficient (Wildman–Crippen LogP) is 1.59. The molecule has 3 atom stereocenters. The zero-order chi connectivity index (χ0) is 14.4. The molecule has 2 saturated heterocycles. The molecule has 5 heteroatoms. The molecule has 0 unspecified atom stereocenters. The molecule has 112 valence electrons. The highest BCUT2D eigenvalue weighted by Gasteiger charge is 2.41. The molecule has 0 N–H and O–H groups in total. The molecule has 2 fully saturated rings. The second kappa shape index (κ2) is 4.91. The van der Waals surface area contributed by atoms with Crippen molar-refractivity contribution in [1.29, 1.82) is 0 Å². The highest BCUT2D eigenvalue weighted by molar-refractivity contribution is 5.79. The van der Waals surface area contributed by atoms with Crippen LogP contribution in [-0.2, 0) is 16.0 Å². The Labute approximate surface area is 123 Å². The Bertz CT molecular complexity index is 559. The fourth-order valence-corrected chi connectivity index (χ4v) is 3.54. The SMILES string of the molecule is C[C@@H]1C[C@H]2CN(C(=O)Cc3ccc4c(c3)OCO4)C[C@H]2O1. The number of nitrogens with zero attached hydrogens (tertiary/aromatic N) is 1. The summed E-state index contributed by atoms with van der Waals surface area (Å²) in [5.74, 6) is 2.17. The van der Waals surface area contributed by atoms with Gasteiger partial charge in [-0.1, -0.05) is 6.07 Å². The van der Waals surface area contributed by atoms with Gasteiger partial charge in [0.25, 0.3) is 0 Å².